The van der Waals surface area contributed by atoms with Gasteiger partial charge < -0.3 is 15.2 Å². The molecule has 1 fully saturated rings. The standard InChI is InChI=1S/C10H14N2O2/c11-10-2-1-9(7-12-10)14-8-3-5-13-6-4-8/h1-2,7-8H,3-6H2,(H2,11,12). The summed E-state index contributed by atoms with van der Waals surface area (Å²) in [6, 6.07) is 3.59. The fourth-order valence-corrected chi connectivity index (χ4v) is 1.45. The summed E-state index contributed by atoms with van der Waals surface area (Å²) in [5.74, 6) is 1.30. The van der Waals surface area contributed by atoms with Crippen molar-refractivity contribution >= 4 is 5.82 Å². The van der Waals surface area contributed by atoms with Crippen LogP contribution in [0.5, 0.6) is 5.75 Å². The third-order valence-electron chi connectivity index (χ3n) is 2.23. The van der Waals surface area contributed by atoms with Gasteiger partial charge in [-0.2, -0.15) is 0 Å². The first-order chi connectivity index (χ1) is 6.84. The molecule has 0 aliphatic carbocycles. The molecule has 1 saturated heterocycles. The first-order valence-electron chi connectivity index (χ1n) is 4.80. The maximum absolute atomic E-state index is 5.71. The van der Waals surface area contributed by atoms with Crippen molar-refractivity contribution in [2.45, 2.75) is 18.9 Å². The minimum absolute atomic E-state index is 0.258. The molecule has 0 atom stereocenters. The van der Waals surface area contributed by atoms with Crippen molar-refractivity contribution in [2.75, 3.05) is 18.9 Å². The number of pyridine rings is 1. The van der Waals surface area contributed by atoms with E-state index in [2.05, 4.69) is 4.98 Å². The lowest BCUT2D eigenvalue weighted by atomic mass is 10.1. The Morgan fingerprint density at radius 3 is 2.79 bits per heavy atom. The Kier molecular flexibility index (Phi) is 2.84. The average molecular weight is 194 g/mol. The number of hydrogen-bond acceptors (Lipinski definition) is 4. The molecule has 1 aromatic rings. The van der Waals surface area contributed by atoms with Gasteiger partial charge in [0, 0.05) is 12.8 Å². The molecule has 0 unspecified atom stereocenters. The van der Waals surface area contributed by atoms with Crippen LogP contribution in [-0.2, 0) is 4.74 Å². The second kappa shape index (κ2) is 4.28. The van der Waals surface area contributed by atoms with Crippen LogP contribution >= 0.6 is 0 Å². The zero-order valence-electron chi connectivity index (χ0n) is 7.98. The number of aromatic nitrogens is 1. The highest BCUT2D eigenvalue weighted by atomic mass is 16.5. The van der Waals surface area contributed by atoms with E-state index in [1.807, 2.05) is 6.07 Å². The number of nitrogens with zero attached hydrogens (tertiary/aromatic N) is 1. The van der Waals surface area contributed by atoms with Crippen LogP contribution in [0.15, 0.2) is 18.3 Å². The number of nitrogens with two attached hydrogens (primary N) is 1. The molecular weight excluding hydrogens is 180 g/mol. The predicted molar refractivity (Wildman–Crippen MR) is 53.1 cm³/mol. The van der Waals surface area contributed by atoms with Gasteiger partial charge >= 0.3 is 0 Å². The Bertz CT molecular complexity index is 281. The molecule has 4 nitrogen and oxygen atoms in total. The predicted octanol–water partition coefficient (Wildman–Crippen LogP) is 1.22. The lowest BCUT2D eigenvalue weighted by molar-refractivity contribution is 0.0254. The van der Waals surface area contributed by atoms with Crippen molar-refractivity contribution in [2.24, 2.45) is 0 Å². The fourth-order valence-electron chi connectivity index (χ4n) is 1.45. The Balaban J connectivity index is 1.92. The summed E-state index contributed by atoms with van der Waals surface area (Å²) in [5.41, 5.74) is 5.47. The lowest BCUT2D eigenvalue weighted by Gasteiger charge is -2.23. The van der Waals surface area contributed by atoms with E-state index >= 15 is 0 Å². The first kappa shape index (κ1) is 9.27. The van der Waals surface area contributed by atoms with Gasteiger partial charge in [0.1, 0.15) is 17.7 Å². The molecule has 76 valence electrons. The van der Waals surface area contributed by atoms with Crippen LogP contribution in [0.4, 0.5) is 5.82 Å². The van der Waals surface area contributed by atoms with Gasteiger partial charge in [0.05, 0.1) is 19.4 Å². The molecule has 0 bridgehead atoms. The van der Waals surface area contributed by atoms with E-state index in [0.29, 0.717) is 5.82 Å². The molecule has 1 aliphatic rings. The average Bonchev–Trinajstić information content (AvgIpc) is 2.23. The highest BCUT2D eigenvalue weighted by Gasteiger charge is 2.14. The Morgan fingerprint density at radius 1 is 1.36 bits per heavy atom. The highest BCUT2D eigenvalue weighted by molar-refractivity contribution is 5.32. The molecule has 0 saturated carbocycles. The maximum Gasteiger partial charge on any atom is 0.138 e. The number of rotatable bonds is 2. The summed E-state index contributed by atoms with van der Waals surface area (Å²) in [4.78, 5) is 3.97. The summed E-state index contributed by atoms with van der Waals surface area (Å²) < 4.78 is 11.0. The number of hydrogen-bond donors (Lipinski definition) is 1. The lowest BCUT2D eigenvalue weighted by Crippen LogP contribution is -2.25. The first-order valence-corrected chi connectivity index (χ1v) is 4.80. The third-order valence-corrected chi connectivity index (χ3v) is 2.23. The van der Waals surface area contributed by atoms with E-state index in [1.165, 1.54) is 0 Å². The molecule has 2 heterocycles. The van der Waals surface area contributed by atoms with Gasteiger partial charge in [0.25, 0.3) is 0 Å². The SMILES string of the molecule is Nc1ccc(OC2CCOCC2)cn1. The Morgan fingerprint density at radius 2 is 2.14 bits per heavy atom. The van der Waals surface area contributed by atoms with E-state index in [-0.39, 0.29) is 6.10 Å². The van der Waals surface area contributed by atoms with Crippen LogP contribution in [-0.4, -0.2) is 24.3 Å². The van der Waals surface area contributed by atoms with E-state index in [9.17, 15) is 0 Å². The van der Waals surface area contributed by atoms with Crippen LogP contribution in [0, 0.1) is 0 Å². The number of anilines is 1. The number of ether oxygens (including phenoxy) is 2. The molecule has 0 aromatic carbocycles. The third kappa shape index (κ3) is 2.35. The quantitative estimate of drug-likeness (QED) is 0.769. The van der Waals surface area contributed by atoms with Crippen LogP contribution in [0.25, 0.3) is 0 Å². The molecule has 2 N–H and O–H groups in total. The summed E-state index contributed by atoms with van der Waals surface area (Å²) in [6.45, 7) is 1.57. The molecular formula is C10H14N2O2. The van der Waals surface area contributed by atoms with Gasteiger partial charge in [0.15, 0.2) is 0 Å². The summed E-state index contributed by atoms with van der Waals surface area (Å²) >= 11 is 0. The molecule has 1 aliphatic heterocycles. The van der Waals surface area contributed by atoms with Gasteiger partial charge in [-0.3, -0.25) is 0 Å². The second-order valence-electron chi connectivity index (χ2n) is 3.35. The summed E-state index contributed by atoms with van der Waals surface area (Å²) in [7, 11) is 0. The van der Waals surface area contributed by atoms with Gasteiger partial charge in [-0.1, -0.05) is 0 Å². The van der Waals surface area contributed by atoms with E-state index in [1.54, 1.807) is 12.3 Å². The van der Waals surface area contributed by atoms with Crippen molar-refractivity contribution in [3.05, 3.63) is 18.3 Å². The minimum Gasteiger partial charge on any atom is -0.489 e. The Hall–Kier alpha value is -1.29. The van der Waals surface area contributed by atoms with Gasteiger partial charge in [-0.05, 0) is 12.1 Å². The smallest absolute Gasteiger partial charge is 0.138 e. The molecule has 4 heteroatoms. The highest BCUT2D eigenvalue weighted by Crippen LogP contribution is 2.17. The summed E-state index contributed by atoms with van der Waals surface area (Å²) in [5, 5.41) is 0. The molecule has 1 aromatic heterocycles. The maximum atomic E-state index is 5.71. The van der Waals surface area contributed by atoms with E-state index in [0.717, 1.165) is 31.8 Å². The number of nitrogen functional groups attached to an aromatic ring is 1. The largest absolute Gasteiger partial charge is 0.489 e. The van der Waals surface area contributed by atoms with Crippen LogP contribution in [0.1, 0.15) is 12.8 Å². The van der Waals surface area contributed by atoms with Gasteiger partial charge in [-0.15, -0.1) is 0 Å². The van der Waals surface area contributed by atoms with Crippen molar-refractivity contribution in [1.82, 2.24) is 4.98 Å². The summed E-state index contributed by atoms with van der Waals surface area (Å²) in [6.07, 6.45) is 3.81. The van der Waals surface area contributed by atoms with Crippen LogP contribution < -0.4 is 10.5 Å². The van der Waals surface area contributed by atoms with E-state index < -0.39 is 0 Å². The van der Waals surface area contributed by atoms with E-state index in [4.69, 9.17) is 15.2 Å². The van der Waals surface area contributed by atoms with Crippen LogP contribution in [0.2, 0.25) is 0 Å². The van der Waals surface area contributed by atoms with Gasteiger partial charge in [0.2, 0.25) is 0 Å². The zero-order chi connectivity index (χ0) is 9.80. The second-order valence-corrected chi connectivity index (χ2v) is 3.35. The monoisotopic (exact) mass is 194 g/mol. The molecule has 0 amide bonds. The molecule has 2 rings (SSSR count). The topological polar surface area (TPSA) is 57.4 Å². The zero-order valence-corrected chi connectivity index (χ0v) is 7.98. The fraction of sp³-hybridized carbons (Fsp3) is 0.500. The Labute approximate surface area is 83.0 Å². The van der Waals surface area contributed by atoms with Gasteiger partial charge in [-0.25, -0.2) is 4.98 Å². The van der Waals surface area contributed by atoms with Crippen molar-refractivity contribution in [1.29, 1.82) is 0 Å². The van der Waals surface area contributed by atoms with Crippen molar-refractivity contribution < 1.29 is 9.47 Å². The van der Waals surface area contributed by atoms with Crippen molar-refractivity contribution in [3.63, 3.8) is 0 Å². The molecule has 0 spiro atoms. The molecule has 0 radical (unpaired) electrons. The van der Waals surface area contributed by atoms with Crippen LogP contribution in [0.3, 0.4) is 0 Å². The minimum atomic E-state index is 0.258. The normalized spacial score (nSPS) is 18.0. The van der Waals surface area contributed by atoms with Crippen molar-refractivity contribution in [3.8, 4) is 5.75 Å². The molecule has 14 heavy (non-hydrogen) atoms.